The smallest absolute Gasteiger partial charge is 0.282 e. The Hall–Kier alpha value is -2.99. The molecule has 1 saturated heterocycles. The molecule has 2 heterocycles. The van der Waals surface area contributed by atoms with Gasteiger partial charge < -0.3 is 9.64 Å². The van der Waals surface area contributed by atoms with E-state index in [4.69, 9.17) is 9.72 Å². The Morgan fingerprint density at radius 3 is 2.48 bits per heavy atom. The standard InChI is InChI=1S/C25H28N4O2/c30-25-22-8-4-5-9-23(22)27-24(20-6-2-1-3-7-20)29(25)26-18-19-10-12-21(13-11-19)28-14-16-31-17-15-28/h4-5,8-13,18,20H,1-3,6-7,14-17H2. The molecule has 2 fully saturated rings. The lowest BCUT2D eigenvalue weighted by Crippen LogP contribution is -2.36. The number of hydrogen-bond donors (Lipinski definition) is 0. The van der Waals surface area contributed by atoms with Gasteiger partial charge >= 0.3 is 0 Å². The molecule has 1 aliphatic carbocycles. The summed E-state index contributed by atoms with van der Waals surface area (Å²) in [4.78, 5) is 20.5. The molecule has 0 N–H and O–H groups in total. The van der Waals surface area contributed by atoms with Gasteiger partial charge in [0.1, 0.15) is 5.82 Å². The Kier molecular flexibility index (Phi) is 5.80. The topological polar surface area (TPSA) is 59.7 Å². The van der Waals surface area contributed by atoms with Gasteiger partial charge in [0.2, 0.25) is 0 Å². The van der Waals surface area contributed by atoms with Crippen molar-refractivity contribution in [3.05, 3.63) is 70.3 Å². The van der Waals surface area contributed by atoms with E-state index in [1.54, 1.807) is 6.21 Å². The van der Waals surface area contributed by atoms with Crippen LogP contribution in [0.15, 0.2) is 58.4 Å². The van der Waals surface area contributed by atoms with Crippen LogP contribution in [0.1, 0.15) is 49.4 Å². The molecular weight excluding hydrogens is 388 g/mol. The van der Waals surface area contributed by atoms with E-state index in [0.717, 1.165) is 56.0 Å². The molecule has 6 nitrogen and oxygen atoms in total. The zero-order valence-corrected chi connectivity index (χ0v) is 17.7. The Morgan fingerprint density at radius 1 is 0.968 bits per heavy atom. The van der Waals surface area contributed by atoms with Crippen LogP contribution in [0.2, 0.25) is 0 Å². The number of nitrogens with zero attached hydrogens (tertiary/aromatic N) is 4. The minimum absolute atomic E-state index is 0.0904. The van der Waals surface area contributed by atoms with Crippen molar-refractivity contribution in [3.63, 3.8) is 0 Å². The maximum Gasteiger partial charge on any atom is 0.282 e. The second-order valence-corrected chi connectivity index (χ2v) is 8.37. The van der Waals surface area contributed by atoms with Crippen molar-refractivity contribution in [1.82, 2.24) is 9.66 Å². The van der Waals surface area contributed by atoms with Crippen LogP contribution < -0.4 is 10.5 Å². The highest BCUT2D eigenvalue weighted by Crippen LogP contribution is 2.31. The van der Waals surface area contributed by atoms with Gasteiger partial charge in [-0.1, -0.05) is 43.5 Å². The van der Waals surface area contributed by atoms with Gasteiger partial charge in [0, 0.05) is 24.7 Å². The number of rotatable bonds is 4. The van der Waals surface area contributed by atoms with Crippen molar-refractivity contribution in [2.24, 2.45) is 5.10 Å². The summed E-state index contributed by atoms with van der Waals surface area (Å²) in [5, 5.41) is 5.24. The largest absolute Gasteiger partial charge is 0.378 e. The zero-order chi connectivity index (χ0) is 21.0. The fourth-order valence-corrected chi connectivity index (χ4v) is 4.59. The molecule has 2 aromatic carbocycles. The third-order valence-electron chi connectivity index (χ3n) is 6.34. The predicted octanol–water partition coefficient (Wildman–Crippen LogP) is 4.16. The van der Waals surface area contributed by atoms with Crippen LogP contribution in [-0.2, 0) is 4.74 Å². The van der Waals surface area contributed by atoms with Crippen molar-refractivity contribution in [3.8, 4) is 0 Å². The monoisotopic (exact) mass is 416 g/mol. The Balaban J connectivity index is 1.48. The lowest BCUT2D eigenvalue weighted by molar-refractivity contribution is 0.122. The van der Waals surface area contributed by atoms with E-state index in [2.05, 4.69) is 22.1 Å². The Bertz CT molecular complexity index is 1120. The normalized spacial score (nSPS) is 18.1. The molecule has 0 spiro atoms. The summed E-state index contributed by atoms with van der Waals surface area (Å²) in [6.07, 6.45) is 7.52. The second-order valence-electron chi connectivity index (χ2n) is 8.37. The van der Waals surface area contributed by atoms with Crippen LogP contribution in [0.3, 0.4) is 0 Å². The fourth-order valence-electron chi connectivity index (χ4n) is 4.59. The second kappa shape index (κ2) is 9.02. The van der Waals surface area contributed by atoms with E-state index in [0.29, 0.717) is 5.39 Å². The number of anilines is 1. The number of para-hydroxylation sites is 1. The van der Waals surface area contributed by atoms with E-state index in [9.17, 15) is 4.79 Å². The van der Waals surface area contributed by atoms with E-state index in [-0.39, 0.29) is 11.5 Å². The highest BCUT2D eigenvalue weighted by atomic mass is 16.5. The highest BCUT2D eigenvalue weighted by molar-refractivity contribution is 5.81. The van der Waals surface area contributed by atoms with Gasteiger partial charge in [-0.15, -0.1) is 0 Å². The summed E-state index contributed by atoms with van der Waals surface area (Å²) in [7, 11) is 0. The fraction of sp³-hybridized carbons (Fsp3) is 0.400. The summed E-state index contributed by atoms with van der Waals surface area (Å²) < 4.78 is 6.97. The van der Waals surface area contributed by atoms with E-state index in [1.165, 1.54) is 29.6 Å². The minimum atomic E-state index is -0.0904. The molecule has 1 aliphatic heterocycles. The summed E-state index contributed by atoms with van der Waals surface area (Å²) in [6.45, 7) is 3.36. The van der Waals surface area contributed by atoms with Crippen molar-refractivity contribution >= 4 is 22.8 Å². The first kappa shape index (κ1) is 19.9. The van der Waals surface area contributed by atoms with Gasteiger partial charge in [-0.3, -0.25) is 4.79 Å². The van der Waals surface area contributed by atoms with Crippen molar-refractivity contribution < 1.29 is 4.74 Å². The van der Waals surface area contributed by atoms with Gasteiger partial charge in [-0.05, 0) is 42.7 Å². The van der Waals surface area contributed by atoms with Gasteiger partial charge in [-0.25, -0.2) is 4.98 Å². The predicted molar refractivity (Wildman–Crippen MR) is 124 cm³/mol. The molecule has 160 valence electrons. The molecule has 0 atom stereocenters. The van der Waals surface area contributed by atoms with Crippen LogP contribution in [0.4, 0.5) is 5.69 Å². The molecule has 31 heavy (non-hydrogen) atoms. The lowest BCUT2D eigenvalue weighted by atomic mass is 9.88. The molecule has 0 bridgehead atoms. The van der Waals surface area contributed by atoms with Crippen molar-refractivity contribution in [2.45, 2.75) is 38.0 Å². The summed E-state index contributed by atoms with van der Waals surface area (Å²) >= 11 is 0. The zero-order valence-electron chi connectivity index (χ0n) is 17.7. The van der Waals surface area contributed by atoms with E-state index >= 15 is 0 Å². The number of hydrogen-bond acceptors (Lipinski definition) is 5. The molecule has 1 aromatic heterocycles. The molecule has 3 aromatic rings. The molecule has 2 aliphatic rings. The van der Waals surface area contributed by atoms with Gasteiger partial charge in [0.15, 0.2) is 0 Å². The number of morpholine rings is 1. The summed E-state index contributed by atoms with van der Waals surface area (Å²) in [6, 6.07) is 15.9. The van der Waals surface area contributed by atoms with Crippen molar-refractivity contribution in [2.75, 3.05) is 31.2 Å². The first-order chi connectivity index (χ1) is 15.3. The van der Waals surface area contributed by atoms with Crippen LogP contribution in [0.25, 0.3) is 10.9 Å². The Morgan fingerprint density at radius 2 is 1.71 bits per heavy atom. The SMILES string of the molecule is O=c1c2ccccc2nc(C2CCCCC2)n1N=Cc1ccc(N2CCOCC2)cc1. The molecule has 0 radical (unpaired) electrons. The van der Waals surface area contributed by atoms with Gasteiger partial charge in [-0.2, -0.15) is 9.78 Å². The maximum atomic E-state index is 13.3. The van der Waals surface area contributed by atoms with E-state index < -0.39 is 0 Å². The van der Waals surface area contributed by atoms with Crippen LogP contribution in [0.5, 0.6) is 0 Å². The van der Waals surface area contributed by atoms with Crippen LogP contribution in [0, 0.1) is 0 Å². The van der Waals surface area contributed by atoms with Crippen LogP contribution >= 0.6 is 0 Å². The van der Waals surface area contributed by atoms with Crippen LogP contribution in [-0.4, -0.2) is 42.2 Å². The van der Waals surface area contributed by atoms with Gasteiger partial charge in [0.05, 0.1) is 30.3 Å². The molecule has 1 saturated carbocycles. The summed E-state index contributed by atoms with van der Waals surface area (Å²) in [5.41, 5.74) is 2.82. The molecule has 0 unspecified atom stereocenters. The molecular formula is C25H28N4O2. The minimum Gasteiger partial charge on any atom is -0.378 e. The van der Waals surface area contributed by atoms with Gasteiger partial charge in [0.25, 0.3) is 5.56 Å². The number of ether oxygens (including phenoxy) is 1. The third-order valence-corrected chi connectivity index (χ3v) is 6.34. The number of fused-ring (bicyclic) bond motifs is 1. The molecule has 5 rings (SSSR count). The van der Waals surface area contributed by atoms with E-state index in [1.807, 2.05) is 36.4 Å². The van der Waals surface area contributed by atoms with Crippen molar-refractivity contribution in [1.29, 1.82) is 0 Å². The highest BCUT2D eigenvalue weighted by Gasteiger charge is 2.22. The molecule has 0 amide bonds. The maximum absolute atomic E-state index is 13.3. The quantitative estimate of drug-likeness (QED) is 0.599. The average Bonchev–Trinajstić information content (AvgIpc) is 2.85. The first-order valence-corrected chi connectivity index (χ1v) is 11.3. The lowest BCUT2D eigenvalue weighted by Gasteiger charge is -2.28. The average molecular weight is 417 g/mol. The number of aromatic nitrogens is 2. The first-order valence-electron chi connectivity index (χ1n) is 11.3. The molecule has 6 heteroatoms. The third kappa shape index (κ3) is 4.26. The number of benzene rings is 2. The Labute approximate surface area is 182 Å². The summed E-state index contributed by atoms with van der Waals surface area (Å²) in [5.74, 6) is 1.08.